The van der Waals surface area contributed by atoms with Gasteiger partial charge in [0, 0.05) is 44.3 Å². The predicted octanol–water partition coefficient (Wildman–Crippen LogP) is 2.11. The molecule has 2 atom stereocenters. The van der Waals surface area contributed by atoms with Crippen molar-refractivity contribution in [1.29, 1.82) is 0 Å². The standard InChI is InChI=1S/C20H30N4O3.ClH/c1-3-27-20(26)17-5-6-18(22-14-17)23-9-4-10-24(12-11-23)19(25)16-7-8-21-15(2)13-16;/h5-6,14-16,21H,3-4,7-13H2,1-2H3;1H/t15-,16-;/m0./s1. The van der Waals surface area contributed by atoms with Gasteiger partial charge in [0.1, 0.15) is 5.82 Å². The summed E-state index contributed by atoms with van der Waals surface area (Å²) in [5, 5.41) is 3.41. The van der Waals surface area contributed by atoms with Gasteiger partial charge >= 0.3 is 5.97 Å². The van der Waals surface area contributed by atoms with Gasteiger partial charge in [-0.3, -0.25) is 4.79 Å². The molecule has 2 saturated heterocycles. The minimum Gasteiger partial charge on any atom is -0.462 e. The maximum Gasteiger partial charge on any atom is 0.339 e. The molecule has 0 aromatic carbocycles. The van der Waals surface area contributed by atoms with Crippen molar-refractivity contribution in [2.45, 2.75) is 39.2 Å². The number of esters is 1. The number of pyridine rings is 1. The first kappa shape index (κ1) is 22.4. The van der Waals surface area contributed by atoms with E-state index >= 15 is 0 Å². The van der Waals surface area contributed by atoms with E-state index in [-0.39, 0.29) is 24.3 Å². The molecule has 0 aliphatic carbocycles. The van der Waals surface area contributed by atoms with Gasteiger partial charge in [-0.2, -0.15) is 0 Å². The van der Waals surface area contributed by atoms with Crippen LogP contribution in [0.4, 0.5) is 5.82 Å². The third-order valence-corrected chi connectivity index (χ3v) is 5.36. The van der Waals surface area contributed by atoms with Crippen LogP contribution in [0.15, 0.2) is 18.3 Å². The summed E-state index contributed by atoms with van der Waals surface area (Å²) in [4.78, 5) is 33.3. The monoisotopic (exact) mass is 410 g/mol. The quantitative estimate of drug-likeness (QED) is 0.766. The van der Waals surface area contributed by atoms with E-state index in [1.54, 1.807) is 19.2 Å². The number of nitrogens with zero attached hydrogens (tertiary/aromatic N) is 3. The summed E-state index contributed by atoms with van der Waals surface area (Å²) >= 11 is 0. The average molecular weight is 411 g/mol. The molecule has 1 aromatic heterocycles. The largest absolute Gasteiger partial charge is 0.462 e. The highest BCUT2D eigenvalue weighted by molar-refractivity contribution is 5.89. The van der Waals surface area contributed by atoms with Crippen molar-refractivity contribution < 1.29 is 14.3 Å². The summed E-state index contributed by atoms with van der Waals surface area (Å²) in [5.41, 5.74) is 0.465. The third-order valence-electron chi connectivity index (χ3n) is 5.36. The second-order valence-electron chi connectivity index (χ2n) is 7.37. The second kappa shape index (κ2) is 10.6. The molecule has 2 aliphatic rings. The molecular weight excluding hydrogens is 380 g/mol. The number of carbonyl (C=O) groups is 2. The number of halogens is 1. The van der Waals surface area contributed by atoms with E-state index in [0.717, 1.165) is 57.8 Å². The molecule has 0 radical (unpaired) electrons. The molecule has 7 nitrogen and oxygen atoms in total. The van der Waals surface area contributed by atoms with E-state index in [9.17, 15) is 9.59 Å². The van der Waals surface area contributed by atoms with Crippen molar-refractivity contribution in [3.63, 3.8) is 0 Å². The van der Waals surface area contributed by atoms with E-state index in [0.29, 0.717) is 24.1 Å². The van der Waals surface area contributed by atoms with Gasteiger partial charge in [-0.1, -0.05) is 0 Å². The number of hydrogen-bond acceptors (Lipinski definition) is 6. The molecule has 0 unspecified atom stereocenters. The molecule has 2 fully saturated rings. The van der Waals surface area contributed by atoms with E-state index in [2.05, 4.69) is 22.1 Å². The molecular formula is C20H31ClN4O3. The fourth-order valence-corrected chi connectivity index (χ4v) is 3.89. The lowest BCUT2D eigenvalue weighted by Gasteiger charge is -2.31. The van der Waals surface area contributed by atoms with Crippen LogP contribution in [0.2, 0.25) is 0 Å². The molecule has 1 amide bonds. The van der Waals surface area contributed by atoms with Crippen LogP contribution in [0.1, 0.15) is 43.5 Å². The number of amides is 1. The topological polar surface area (TPSA) is 74.8 Å². The van der Waals surface area contributed by atoms with Crippen molar-refractivity contribution in [2.24, 2.45) is 5.92 Å². The Morgan fingerprint density at radius 3 is 2.75 bits per heavy atom. The van der Waals surface area contributed by atoms with Crippen LogP contribution in [0.3, 0.4) is 0 Å². The van der Waals surface area contributed by atoms with Gasteiger partial charge in [0.15, 0.2) is 0 Å². The lowest BCUT2D eigenvalue weighted by molar-refractivity contribution is -0.136. The van der Waals surface area contributed by atoms with Gasteiger partial charge in [0.25, 0.3) is 0 Å². The predicted molar refractivity (Wildman–Crippen MR) is 111 cm³/mol. The minimum atomic E-state index is -0.347. The molecule has 0 saturated carbocycles. The van der Waals surface area contributed by atoms with Gasteiger partial charge < -0.3 is 19.9 Å². The van der Waals surface area contributed by atoms with Crippen LogP contribution in [0, 0.1) is 5.92 Å². The Morgan fingerprint density at radius 2 is 2.07 bits per heavy atom. The number of piperidine rings is 1. The average Bonchev–Trinajstić information content (AvgIpc) is 2.94. The van der Waals surface area contributed by atoms with E-state index in [1.165, 1.54) is 0 Å². The number of carbonyl (C=O) groups excluding carboxylic acids is 2. The lowest BCUT2D eigenvalue weighted by Crippen LogP contribution is -2.45. The van der Waals surface area contributed by atoms with Gasteiger partial charge in [0.05, 0.1) is 12.2 Å². The van der Waals surface area contributed by atoms with Crippen LogP contribution in [-0.4, -0.2) is 67.1 Å². The lowest BCUT2D eigenvalue weighted by atomic mass is 9.92. The smallest absolute Gasteiger partial charge is 0.339 e. The highest BCUT2D eigenvalue weighted by Crippen LogP contribution is 2.21. The van der Waals surface area contributed by atoms with Crippen LogP contribution in [0.25, 0.3) is 0 Å². The summed E-state index contributed by atoms with van der Waals surface area (Å²) < 4.78 is 5.00. The zero-order chi connectivity index (χ0) is 19.2. The molecule has 3 rings (SSSR count). The van der Waals surface area contributed by atoms with Crippen molar-refractivity contribution >= 4 is 30.1 Å². The number of rotatable bonds is 4. The summed E-state index contributed by atoms with van der Waals surface area (Å²) in [6.07, 6.45) is 4.35. The van der Waals surface area contributed by atoms with Crippen LogP contribution in [0.5, 0.6) is 0 Å². The Kier molecular flexibility index (Phi) is 8.51. The van der Waals surface area contributed by atoms with Crippen molar-refractivity contribution in [3.05, 3.63) is 23.9 Å². The Morgan fingerprint density at radius 1 is 1.25 bits per heavy atom. The fourth-order valence-electron chi connectivity index (χ4n) is 3.89. The zero-order valence-electron chi connectivity index (χ0n) is 16.7. The first-order chi connectivity index (χ1) is 13.1. The summed E-state index contributed by atoms with van der Waals surface area (Å²) in [7, 11) is 0. The molecule has 1 aromatic rings. The van der Waals surface area contributed by atoms with Crippen LogP contribution in [-0.2, 0) is 9.53 Å². The molecule has 28 heavy (non-hydrogen) atoms. The molecule has 8 heteroatoms. The maximum absolute atomic E-state index is 12.9. The van der Waals surface area contributed by atoms with E-state index in [4.69, 9.17) is 4.74 Å². The highest BCUT2D eigenvalue weighted by atomic mass is 35.5. The summed E-state index contributed by atoms with van der Waals surface area (Å²) in [6, 6.07) is 4.03. The summed E-state index contributed by atoms with van der Waals surface area (Å²) in [5.74, 6) is 0.943. The molecule has 0 spiro atoms. The highest BCUT2D eigenvalue weighted by Gasteiger charge is 2.29. The van der Waals surface area contributed by atoms with Crippen LogP contribution >= 0.6 is 12.4 Å². The summed E-state index contributed by atoms with van der Waals surface area (Å²) in [6.45, 7) is 8.35. The molecule has 156 valence electrons. The minimum absolute atomic E-state index is 0. The van der Waals surface area contributed by atoms with Gasteiger partial charge in [0.2, 0.25) is 5.91 Å². The maximum atomic E-state index is 12.9. The number of nitrogens with one attached hydrogen (secondary N) is 1. The SMILES string of the molecule is CCOC(=O)c1ccc(N2CCCN(C(=O)[C@H]3CCN[C@@H](C)C3)CC2)nc1.Cl. The normalized spacial score (nSPS) is 22.8. The van der Waals surface area contributed by atoms with Crippen LogP contribution < -0.4 is 10.2 Å². The number of hydrogen-bond donors (Lipinski definition) is 1. The Balaban J connectivity index is 0.00000280. The fraction of sp³-hybridized carbons (Fsp3) is 0.650. The van der Waals surface area contributed by atoms with E-state index < -0.39 is 0 Å². The van der Waals surface area contributed by atoms with Gasteiger partial charge in [-0.05, 0) is 51.8 Å². The molecule has 1 N–H and O–H groups in total. The van der Waals surface area contributed by atoms with Gasteiger partial charge in [-0.15, -0.1) is 12.4 Å². The van der Waals surface area contributed by atoms with E-state index in [1.807, 2.05) is 11.0 Å². The van der Waals surface area contributed by atoms with Crippen molar-refractivity contribution in [3.8, 4) is 0 Å². The molecule has 2 aliphatic heterocycles. The van der Waals surface area contributed by atoms with Crippen molar-refractivity contribution in [2.75, 3.05) is 44.2 Å². The Hall–Kier alpha value is -1.86. The molecule has 3 heterocycles. The first-order valence-electron chi connectivity index (χ1n) is 9.98. The molecule has 0 bridgehead atoms. The zero-order valence-corrected chi connectivity index (χ0v) is 17.5. The third kappa shape index (κ3) is 5.58. The number of aromatic nitrogens is 1. The number of ether oxygens (including phenoxy) is 1. The first-order valence-corrected chi connectivity index (χ1v) is 9.98. The Labute approximate surface area is 173 Å². The second-order valence-corrected chi connectivity index (χ2v) is 7.37. The van der Waals surface area contributed by atoms with Crippen molar-refractivity contribution in [1.82, 2.24) is 15.2 Å². The number of anilines is 1. The van der Waals surface area contributed by atoms with Gasteiger partial charge in [-0.25, -0.2) is 9.78 Å². The Bertz CT molecular complexity index is 655.